The molecule has 0 unspecified atom stereocenters. The zero-order valence-electron chi connectivity index (χ0n) is 18.3. The monoisotopic (exact) mass is 453 g/mol. The second kappa shape index (κ2) is 10.1. The van der Waals surface area contributed by atoms with Crippen molar-refractivity contribution in [1.29, 1.82) is 0 Å². The predicted molar refractivity (Wildman–Crippen MR) is 122 cm³/mol. The highest BCUT2D eigenvalue weighted by Gasteiger charge is 2.29. The molecule has 2 aromatic heterocycles. The van der Waals surface area contributed by atoms with Gasteiger partial charge in [0.15, 0.2) is 5.69 Å². The van der Waals surface area contributed by atoms with Crippen LogP contribution in [0.25, 0.3) is 10.6 Å². The molecular weight excluding hydrogens is 426 g/mol. The van der Waals surface area contributed by atoms with Gasteiger partial charge < -0.3 is 15.0 Å². The molecule has 0 saturated heterocycles. The molecule has 9 heteroatoms. The summed E-state index contributed by atoms with van der Waals surface area (Å²) in [5.41, 5.74) is 4.07. The Hall–Kier alpha value is -3.04. The minimum absolute atomic E-state index is 0.0101. The first-order valence-electron chi connectivity index (χ1n) is 10.7. The molecule has 8 nitrogen and oxygen atoms in total. The van der Waals surface area contributed by atoms with Crippen LogP contribution in [0.15, 0.2) is 35.7 Å². The third-order valence-corrected chi connectivity index (χ3v) is 6.47. The van der Waals surface area contributed by atoms with Gasteiger partial charge in [-0.3, -0.25) is 14.3 Å². The Morgan fingerprint density at radius 3 is 2.84 bits per heavy atom. The van der Waals surface area contributed by atoms with Gasteiger partial charge in [-0.2, -0.15) is 5.10 Å². The highest BCUT2D eigenvalue weighted by atomic mass is 32.1. The molecular formula is C23H27N5O3S. The summed E-state index contributed by atoms with van der Waals surface area (Å²) in [6.45, 7) is 2.11. The molecule has 1 N–H and O–H groups in total. The number of carbonyl (C=O) groups is 2. The Morgan fingerprint density at radius 1 is 1.25 bits per heavy atom. The minimum atomic E-state index is -0.209. The van der Waals surface area contributed by atoms with E-state index in [-0.39, 0.29) is 18.2 Å². The number of rotatable bonds is 8. The third-order valence-electron chi connectivity index (χ3n) is 5.53. The number of benzene rings is 1. The van der Waals surface area contributed by atoms with Crippen LogP contribution < -0.4 is 5.32 Å². The first-order valence-corrected chi connectivity index (χ1v) is 11.5. The second-order valence-electron chi connectivity index (χ2n) is 7.75. The highest BCUT2D eigenvalue weighted by Crippen LogP contribution is 2.25. The van der Waals surface area contributed by atoms with E-state index < -0.39 is 0 Å². The molecule has 0 bridgehead atoms. The molecule has 3 aromatic rings. The van der Waals surface area contributed by atoms with Crippen LogP contribution in [-0.4, -0.2) is 58.3 Å². The number of thiazole rings is 1. The van der Waals surface area contributed by atoms with Gasteiger partial charge in [0.25, 0.3) is 5.91 Å². The molecule has 3 heterocycles. The lowest BCUT2D eigenvalue weighted by molar-refractivity contribution is -0.131. The minimum Gasteiger partial charge on any atom is -0.385 e. The summed E-state index contributed by atoms with van der Waals surface area (Å²) >= 11 is 1.54. The number of hydrogen-bond donors (Lipinski definition) is 1. The molecule has 0 saturated carbocycles. The number of amides is 2. The van der Waals surface area contributed by atoms with E-state index in [1.54, 1.807) is 28.0 Å². The van der Waals surface area contributed by atoms with Crippen LogP contribution in [-0.2, 0) is 36.0 Å². The maximum Gasteiger partial charge on any atom is 0.272 e. The fraction of sp³-hybridized carbons (Fsp3) is 0.391. The van der Waals surface area contributed by atoms with Crippen LogP contribution in [0.4, 0.5) is 0 Å². The van der Waals surface area contributed by atoms with E-state index in [1.807, 2.05) is 42.8 Å². The predicted octanol–water partition coefficient (Wildman–Crippen LogP) is 2.44. The van der Waals surface area contributed by atoms with Crippen LogP contribution in [0.2, 0.25) is 0 Å². The lowest BCUT2D eigenvalue weighted by Gasteiger charge is -2.27. The van der Waals surface area contributed by atoms with Crippen LogP contribution in [0.3, 0.4) is 0 Å². The molecule has 0 atom stereocenters. The van der Waals surface area contributed by atoms with Crippen molar-refractivity contribution in [2.75, 3.05) is 26.8 Å². The van der Waals surface area contributed by atoms with Crippen LogP contribution in [0, 0.1) is 0 Å². The van der Waals surface area contributed by atoms with Gasteiger partial charge in [-0.1, -0.05) is 30.3 Å². The summed E-state index contributed by atoms with van der Waals surface area (Å²) in [7, 11) is 3.48. The average Bonchev–Trinajstić information content (AvgIpc) is 3.41. The van der Waals surface area contributed by atoms with Crippen molar-refractivity contribution in [2.24, 2.45) is 7.05 Å². The molecule has 1 aliphatic heterocycles. The van der Waals surface area contributed by atoms with E-state index in [0.29, 0.717) is 38.4 Å². The molecule has 4 rings (SSSR count). The number of aryl methyl sites for hydroxylation is 1. The van der Waals surface area contributed by atoms with Gasteiger partial charge in [0.05, 0.1) is 12.1 Å². The van der Waals surface area contributed by atoms with Gasteiger partial charge in [0.2, 0.25) is 5.91 Å². The van der Waals surface area contributed by atoms with Crippen LogP contribution in [0.1, 0.15) is 33.9 Å². The number of fused-ring (bicyclic) bond motifs is 1. The molecule has 0 spiro atoms. The first-order chi connectivity index (χ1) is 15.6. The normalized spacial score (nSPS) is 13.1. The Kier molecular flexibility index (Phi) is 6.96. The Bertz CT molecular complexity index is 1090. The summed E-state index contributed by atoms with van der Waals surface area (Å²) in [4.78, 5) is 32.1. The zero-order chi connectivity index (χ0) is 22.5. The fourth-order valence-corrected chi connectivity index (χ4v) is 4.68. The standard InChI is InChI=1S/C23H27N5O3S/c1-27-19-9-11-28(14-18(19)21(26-27)22(30)24-10-6-12-31-2)20(29)13-17-15-32-23(25-17)16-7-4-3-5-8-16/h3-5,7-8,15H,6,9-14H2,1-2H3,(H,24,30). The largest absolute Gasteiger partial charge is 0.385 e. The van der Waals surface area contributed by atoms with E-state index in [0.717, 1.165) is 33.9 Å². The topological polar surface area (TPSA) is 89.4 Å². The Labute approximate surface area is 191 Å². The van der Waals surface area contributed by atoms with Gasteiger partial charge >= 0.3 is 0 Å². The maximum absolute atomic E-state index is 13.0. The van der Waals surface area contributed by atoms with Crippen LogP contribution >= 0.6 is 11.3 Å². The molecule has 1 aromatic carbocycles. The summed E-state index contributed by atoms with van der Waals surface area (Å²) in [5, 5.41) is 10.2. The van der Waals surface area contributed by atoms with E-state index in [1.165, 1.54) is 0 Å². The number of nitrogens with one attached hydrogen (secondary N) is 1. The number of hydrogen-bond acceptors (Lipinski definition) is 6. The van der Waals surface area contributed by atoms with Crippen molar-refractivity contribution in [3.05, 3.63) is 58.4 Å². The number of aromatic nitrogens is 3. The lowest BCUT2D eigenvalue weighted by atomic mass is 10.0. The van der Waals surface area contributed by atoms with E-state index >= 15 is 0 Å². The Balaban J connectivity index is 1.42. The molecule has 2 amide bonds. The smallest absolute Gasteiger partial charge is 0.272 e. The van der Waals surface area contributed by atoms with Crippen molar-refractivity contribution in [2.45, 2.75) is 25.8 Å². The Morgan fingerprint density at radius 2 is 2.06 bits per heavy atom. The average molecular weight is 454 g/mol. The van der Waals surface area contributed by atoms with Crippen molar-refractivity contribution in [3.63, 3.8) is 0 Å². The highest BCUT2D eigenvalue weighted by molar-refractivity contribution is 7.13. The third kappa shape index (κ3) is 4.89. The molecule has 0 aliphatic carbocycles. The van der Waals surface area contributed by atoms with Crippen LogP contribution in [0.5, 0.6) is 0 Å². The summed E-state index contributed by atoms with van der Waals surface area (Å²) in [6.07, 6.45) is 1.66. The van der Waals surface area contributed by atoms with Crippen molar-refractivity contribution >= 4 is 23.2 Å². The van der Waals surface area contributed by atoms with Crippen molar-refractivity contribution in [3.8, 4) is 10.6 Å². The van der Waals surface area contributed by atoms with Gasteiger partial charge in [-0.05, 0) is 6.42 Å². The van der Waals surface area contributed by atoms with Gasteiger partial charge in [0.1, 0.15) is 5.01 Å². The van der Waals surface area contributed by atoms with Crippen molar-refractivity contribution in [1.82, 2.24) is 25.0 Å². The lowest BCUT2D eigenvalue weighted by Crippen LogP contribution is -2.38. The first kappa shape index (κ1) is 22.2. The quantitative estimate of drug-likeness (QED) is 0.529. The number of methoxy groups -OCH3 is 1. The number of ether oxygens (including phenoxy) is 1. The maximum atomic E-state index is 13.0. The van der Waals surface area contributed by atoms with Gasteiger partial charge in [-0.15, -0.1) is 11.3 Å². The summed E-state index contributed by atoms with van der Waals surface area (Å²) in [5.74, 6) is -0.199. The SMILES string of the molecule is COCCCNC(=O)c1nn(C)c2c1CN(C(=O)Cc1csc(-c3ccccc3)n1)CC2. The van der Waals surface area contributed by atoms with E-state index in [4.69, 9.17) is 4.74 Å². The molecule has 32 heavy (non-hydrogen) atoms. The summed E-state index contributed by atoms with van der Waals surface area (Å²) in [6, 6.07) is 9.96. The number of nitrogens with zero attached hydrogens (tertiary/aromatic N) is 4. The van der Waals surface area contributed by atoms with E-state index in [2.05, 4.69) is 15.4 Å². The van der Waals surface area contributed by atoms with Gasteiger partial charge in [0, 0.05) is 69.0 Å². The molecule has 1 aliphatic rings. The molecule has 168 valence electrons. The zero-order valence-corrected chi connectivity index (χ0v) is 19.2. The van der Waals surface area contributed by atoms with E-state index in [9.17, 15) is 9.59 Å². The summed E-state index contributed by atoms with van der Waals surface area (Å²) < 4.78 is 6.78. The second-order valence-corrected chi connectivity index (χ2v) is 8.61. The fourth-order valence-electron chi connectivity index (χ4n) is 3.86. The molecule has 0 fully saturated rings. The van der Waals surface area contributed by atoms with Gasteiger partial charge in [-0.25, -0.2) is 4.98 Å². The van der Waals surface area contributed by atoms with Crippen molar-refractivity contribution < 1.29 is 14.3 Å². The molecule has 0 radical (unpaired) electrons. The number of carbonyl (C=O) groups excluding carboxylic acids is 2.